The number of esters is 1. The van der Waals surface area contributed by atoms with E-state index in [1.165, 1.54) is 0 Å². The van der Waals surface area contributed by atoms with Crippen molar-refractivity contribution in [3.8, 4) is 0 Å². The van der Waals surface area contributed by atoms with Crippen LogP contribution in [0.4, 0.5) is 0 Å². The van der Waals surface area contributed by atoms with Gasteiger partial charge in [0.05, 0.1) is 6.61 Å². The Bertz CT molecular complexity index is 202. The molecule has 13 heavy (non-hydrogen) atoms. The van der Waals surface area contributed by atoms with Crippen LogP contribution in [-0.2, 0) is 9.53 Å². The predicted molar refractivity (Wildman–Crippen MR) is 54.4 cm³/mol. The van der Waals surface area contributed by atoms with E-state index in [0.29, 0.717) is 12.2 Å². The van der Waals surface area contributed by atoms with E-state index in [4.69, 9.17) is 4.74 Å². The van der Waals surface area contributed by atoms with E-state index in [1.807, 2.05) is 13.0 Å². The molecule has 0 heterocycles. The molecule has 0 rings (SSSR count). The molecule has 0 aromatic carbocycles. The van der Waals surface area contributed by atoms with Gasteiger partial charge in [-0.05, 0) is 26.7 Å². The van der Waals surface area contributed by atoms with Crippen molar-refractivity contribution < 1.29 is 9.53 Å². The highest BCUT2D eigenvalue weighted by Crippen LogP contribution is 1.97. The maximum Gasteiger partial charge on any atom is 0.333 e. The number of ether oxygens (including phenoxy) is 1. The van der Waals surface area contributed by atoms with Crippen molar-refractivity contribution in [1.29, 1.82) is 0 Å². The number of carbonyl (C=O) groups excluding carboxylic acids is 1. The Morgan fingerprint density at radius 2 is 2.08 bits per heavy atom. The molecule has 0 atom stereocenters. The smallest absolute Gasteiger partial charge is 0.333 e. The largest absolute Gasteiger partial charge is 0.462 e. The van der Waals surface area contributed by atoms with Crippen LogP contribution in [0.1, 0.15) is 33.6 Å². The van der Waals surface area contributed by atoms with Gasteiger partial charge in [-0.1, -0.05) is 25.2 Å². The highest BCUT2D eigenvalue weighted by atomic mass is 16.5. The lowest BCUT2D eigenvalue weighted by molar-refractivity contribution is -0.138. The van der Waals surface area contributed by atoms with Crippen molar-refractivity contribution >= 4 is 5.97 Å². The van der Waals surface area contributed by atoms with Gasteiger partial charge in [-0.25, -0.2) is 4.79 Å². The number of carbonyl (C=O) groups is 1. The number of hydrogen-bond donors (Lipinski definition) is 0. The Kier molecular flexibility index (Phi) is 6.98. The first kappa shape index (κ1) is 11.9. The van der Waals surface area contributed by atoms with Crippen LogP contribution >= 0.6 is 0 Å². The van der Waals surface area contributed by atoms with Crippen molar-refractivity contribution in [2.45, 2.75) is 33.6 Å². The zero-order chi connectivity index (χ0) is 10.1. The van der Waals surface area contributed by atoms with Crippen LogP contribution in [0.5, 0.6) is 0 Å². The highest BCUT2D eigenvalue weighted by Gasteiger charge is 2.01. The first-order valence-corrected chi connectivity index (χ1v) is 4.67. The summed E-state index contributed by atoms with van der Waals surface area (Å²) in [5.41, 5.74) is 0.666. The van der Waals surface area contributed by atoms with E-state index in [1.54, 1.807) is 13.0 Å². The Balaban J connectivity index is 3.54. The summed E-state index contributed by atoms with van der Waals surface area (Å²) in [6.07, 6.45) is 7.68. The number of allylic oxidation sites excluding steroid dienone is 2. The van der Waals surface area contributed by atoms with E-state index in [9.17, 15) is 4.79 Å². The van der Waals surface area contributed by atoms with Gasteiger partial charge in [0.15, 0.2) is 0 Å². The molecule has 0 fully saturated rings. The molecule has 0 aliphatic heterocycles. The van der Waals surface area contributed by atoms with Crippen LogP contribution in [0.25, 0.3) is 0 Å². The molecule has 0 aliphatic rings. The molecule has 2 heteroatoms. The average molecular weight is 182 g/mol. The van der Waals surface area contributed by atoms with Crippen LogP contribution in [0, 0.1) is 0 Å². The molecule has 0 amide bonds. The molecule has 0 unspecified atom stereocenters. The van der Waals surface area contributed by atoms with E-state index >= 15 is 0 Å². The highest BCUT2D eigenvalue weighted by molar-refractivity contribution is 5.87. The van der Waals surface area contributed by atoms with Crippen LogP contribution in [-0.4, -0.2) is 12.6 Å². The van der Waals surface area contributed by atoms with Gasteiger partial charge in [-0.15, -0.1) is 0 Å². The minimum Gasteiger partial charge on any atom is -0.462 e. The van der Waals surface area contributed by atoms with Gasteiger partial charge in [0.1, 0.15) is 0 Å². The van der Waals surface area contributed by atoms with E-state index in [-0.39, 0.29) is 5.97 Å². The molecule has 0 N–H and O–H groups in total. The number of rotatable bonds is 5. The fourth-order valence-corrected chi connectivity index (χ4v) is 0.736. The standard InChI is InChI=1S/C11H18O2/c1-4-6-7-8-9-13-11(12)10(3)5-2/h5-7H,4,8-9H2,1-3H3/b7-6-,10-5?. The monoisotopic (exact) mass is 182 g/mol. The lowest BCUT2D eigenvalue weighted by Gasteiger charge is -2.01. The maximum absolute atomic E-state index is 11.1. The quantitative estimate of drug-likeness (QED) is 0.283. The second-order valence-corrected chi connectivity index (χ2v) is 2.78. The minimum absolute atomic E-state index is 0.215. The second kappa shape index (κ2) is 7.59. The zero-order valence-electron chi connectivity index (χ0n) is 8.67. The molecule has 0 aromatic rings. The van der Waals surface area contributed by atoms with Crippen molar-refractivity contribution in [3.05, 3.63) is 23.8 Å². The molecule has 2 nitrogen and oxygen atoms in total. The molecule has 0 saturated heterocycles. The molecule has 0 spiro atoms. The normalized spacial score (nSPS) is 12.1. The van der Waals surface area contributed by atoms with E-state index < -0.39 is 0 Å². The van der Waals surface area contributed by atoms with Crippen LogP contribution < -0.4 is 0 Å². The first-order valence-electron chi connectivity index (χ1n) is 4.67. The lowest BCUT2D eigenvalue weighted by atomic mass is 10.3. The van der Waals surface area contributed by atoms with Gasteiger partial charge in [-0.2, -0.15) is 0 Å². The van der Waals surface area contributed by atoms with Crippen molar-refractivity contribution in [1.82, 2.24) is 0 Å². The summed E-state index contributed by atoms with van der Waals surface area (Å²) in [4.78, 5) is 11.1. The van der Waals surface area contributed by atoms with E-state index in [2.05, 4.69) is 13.0 Å². The van der Waals surface area contributed by atoms with Crippen LogP contribution in [0.3, 0.4) is 0 Å². The van der Waals surface area contributed by atoms with E-state index in [0.717, 1.165) is 12.8 Å². The molecule has 0 radical (unpaired) electrons. The summed E-state index contributed by atoms with van der Waals surface area (Å²) < 4.78 is 4.98. The van der Waals surface area contributed by atoms with Gasteiger partial charge < -0.3 is 4.74 Å². The fraction of sp³-hybridized carbons (Fsp3) is 0.545. The van der Waals surface area contributed by atoms with Crippen molar-refractivity contribution in [2.24, 2.45) is 0 Å². The summed E-state index contributed by atoms with van der Waals surface area (Å²) in [5.74, 6) is -0.215. The molecule has 0 aliphatic carbocycles. The van der Waals surface area contributed by atoms with Gasteiger partial charge >= 0.3 is 5.97 Å². The Morgan fingerprint density at radius 1 is 1.38 bits per heavy atom. The van der Waals surface area contributed by atoms with Crippen molar-refractivity contribution in [2.75, 3.05) is 6.61 Å². The molecule has 0 aromatic heterocycles. The summed E-state index contributed by atoms with van der Waals surface area (Å²) in [7, 11) is 0. The predicted octanol–water partition coefficient (Wildman–Crippen LogP) is 2.85. The SMILES string of the molecule is CC=C(C)C(=O)OCC/C=C\CC. The average Bonchev–Trinajstić information content (AvgIpc) is 2.16. The summed E-state index contributed by atoms with van der Waals surface area (Å²) in [6.45, 7) is 6.13. The number of hydrogen-bond acceptors (Lipinski definition) is 2. The Labute approximate surface area is 80.3 Å². The topological polar surface area (TPSA) is 26.3 Å². The third-order valence-electron chi connectivity index (χ3n) is 1.68. The second-order valence-electron chi connectivity index (χ2n) is 2.78. The van der Waals surface area contributed by atoms with Gasteiger partial charge in [0.25, 0.3) is 0 Å². The minimum atomic E-state index is -0.215. The first-order chi connectivity index (χ1) is 6.22. The summed E-state index contributed by atoms with van der Waals surface area (Å²) in [5, 5.41) is 0. The van der Waals surface area contributed by atoms with Crippen LogP contribution in [0.2, 0.25) is 0 Å². The molecule has 0 saturated carbocycles. The Morgan fingerprint density at radius 3 is 2.62 bits per heavy atom. The fourth-order valence-electron chi connectivity index (χ4n) is 0.736. The van der Waals surface area contributed by atoms with Crippen molar-refractivity contribution in [3.63, 3.8) is 0 Å². The molecular formula is C11H18O2. The molecule has 74 valence electrons. The zero-order valence-corrected chi connectivity index (χ0v) is 8.67. The van der Waals surface area contributed by atoms with Gasteiger partial charge in [0.2, 0.25) is 0 Å². The third kappa shape index (κ3) is 6.14. The summed E-state index contributed by atoms with van der Waals surface area (Å²) >= 11 is 0. The Hall–Kier alpha value is -1.05. The van der Waals surface area contributed by atoms with Crippen LogP contribution in [0.15, 0.2) is 23.8 Å². The van der Waals surface area contributed by atoms with Gasteiger partial charge in [0, 0.05) is 5.57 Å². The lowest BCUT2D eigenvalue weighted by Crippen LogP contribution is -2.06. The summed E-state index contributed by atoms with van der Waals surface area (Å²) in [6, 6.07) is 0. The molecule has 0 bridgehead atoms. The maximum atomic E-state index is 11.1. The third-order valence-corrected chi connectivity index (χ3v) is 1.68. The molecular weight excluding hydrogens is 164 g/mol. The van der Waals surface area contributed by atoms with Gasteiger partial charge in [-0.3, -0.25) is 0 Å².